The lowest BCUT2D eigenvalue weighted by Crippen LogP contribution is -2.50. The molecule has 31 heavy (non-hydrogen) atoms. The zero-order valence-corrected chi connectivity index (χ0v) is 20.4. The van der Waals surface area contributed by atoms with Gasteiger partial charge in [0.15, 0.2) is 0 Å². The Labute approximate surface area is 190 Å². The smallest absolute Gasteiger partial charge is 0.126 e. The molecule has 2 aromatic heterocycles. The van der Waals surface area contributed by atoms with Crippen molar-refractivity contribution < 1.29 is 9.84 Å². The molecule has 1 saturated heterocycles. The van der Waals surface area contributed by atoms with Gasteiger partial charge < -0.3 is 15.2 Å². The number of anilines is 1. The third-order valence-corrected chi connectivity index (χ3v) is 8.43. The maximum absolute atomic E-state index is 10.1. The number of pyridine rings is 1. The molecule has 0 saturated carbocycles. The van der Waals surface area contributed by atoms with Crippen LogP contribution in [0.5, 0.6) is 0 Å². The van der Waals surface area contributed by atoms with Crippen molar-refractivity contribution in [1.82, 2.24) is 9.88 Å². The van der Waals surface area contributed by atoms with Crippen molar-refractivity contribution >= 4 is 17.2 Å². The first-order valence-corrected chi connectivity index (χ1v) is 12.5. The number of ether oxygens (including phenoxy) is 1. The number of rotatable bonds is 6. The number of fused-ring (bicyclic) bond motifs is 2. The van der Waals surface area contributed by atoms with E-state index in [4.69, 9.17) is 4.74 Å². The lowest BCUT2D eigenvalue weighted by Gasteiger charge is -2.47. The molecule has 170 valence electrons. The van der Waals surface area contributed by atoms with Crippen molar-refractivity contribution in [1.29, 1.82) is 0 Å². The fraction of sp³-hybridized carbons (Fsp3) is 0.640. The molecule has 0 amide bonds. The summed E-state index contributed by atoms with van der Waals surface area (Å²) in [6.45, 7) is 13.0. The zero-order valence-electron chi connectivity index (χ0n) is 19.6. The normalized spacial score (nSPS) is 25.4. The van der Waals surface area contributed by atoms with Crippen LogP contribution in [0.4, 0.5) is 5.82 Å². The van der Waals surface area contributed by atoms with Crippen molar-refractivity contribution in [3.05, 3.63) is 45.3 Å². The molecule has 0 aromatic carbocycles. The molecule has 1 fully saturated rings. The molecule has 0 bridgehead atoms. The molecule has 6 heteroatoms. The fourth-order valence-electron chi connectivity index (χ4n) is 4.75. The molecular weight excluding hydrogens is 406 g/mol. The lowest BCUT2D eigenvalue weighted by atomic mass is 9.79. The van der Waals surface area contributed by atoms with Gasteiger partial charge in [-0.2, -0.15) is 0 Å². The van der Waals surface area contributed by atoms with Crippen molar-refractivity contribution in [2.45, 2.75) is 90.1 Å². The topological polar surface area (TPSA) is 57.6 Å². The number of likely N-dealkylation sites (tertiary alicyclic amines) is 1. The quantitative estimate of drug-likeness (QED) is 0.676. The van der Waals surface area contributed by atoms with Gasteiger partial charge >= 0.3 is 0 Å². The van der Waals surface area contributed by atoms with Crippen molar-refractivity contribution in [3.8, 4) is 0 Å². The molecule has 0 unspecified atom stereocenters. The largest absolute Gasteiger partial charge is 0.388 e. The van der Waals surface area contributed by atoms with Gasteiger partial charge in [0.2, 0.25) is 0 Å². The van der Waals surface area contributed by atoms with Gasteiger partial charge in [-0.05, 0) is 70.2 Å². The van der Waals surface area contributed by atoms with E-state index in [2.05, 4.69) is 41.2 Å². The summed E-state index contributed by atoms with van der Waals surface area (Å²) in [5, 5.41) is 13.4. The van der Waals surface area contributed by atoms with Gasteiger partial charge in [-0.25, -0.2) is 4.98 Å². The number of hydrogen-bond acceptors (Lipinski definition) is 6. The predicted molar refractivity (Wildman–Crippen MR) is 128 cm³/mol. The molecule has 2 aromatic rings. The second-order valence-corrected chi connectivity index (χ2v) is 11.1. The molecule has 2 N–H and O–H groups in total. The molecule has 0 radical (unpaired) electrons. The Kier molecular flexibility index (Phi) is 6.46. The number of hydrogen-bond donors (Lipinski definition) is 2. The maximum atomic E-state index is 10.1. The van der Waals surface area contributed by atoms with E-state index in [9.17, 15) is 5.11 Å². The third kappa shape index (κ3) is 4.82. The summed E-state index contributed by atoms with van der Waals surface area (Å²) in [7, 11) is 0. The predicted octanol–water partition coefficient (Wildman–Crippen LogP) is 4.73. The Balaban J connectivity index is 1.40. The van der Waals surface area contributed by atoms with Crippen LogP contribution in [0.1, 0.15) is 68.3 Å². The van der Waals surface area contributed by atoms with E-state index in [-0.39, 0.29) is 11.6 Å². The van der Waals surface area contributed by atoms with Crippen LogP contribution in [0.25, 0.3) is 0 Å². The summed E-state index contributed by atoms with van der Waals surface area (Å²) in [5.41, 5.74) is 1.82. The van der Waals surface area contributed by atoms with E-state index in [1.165, 1.54) is 16.0 Å². The molecule has 4 rings (SSSR count). The van der Waals surface area contributed by atoms with Gasteiger partial charge in [0.05, 0.1) is 23.9 Å². The van der Waals surface area contributed by atoms with E-state index in [0.29, 0.717) is 6.04 Å². The fourth-order valence-corrected chi connectivity index (χ4v) is 5.92. The highest BCUT2D eigenvalue weighted by atomic mass is 32.1. The molecule has 2 aliphatic rings. The summed E-state index contributed by atoms with van der Waals surface area (Å²) >= 11 is 1.99. The average molecular weight is 444 g/mol. The van der Waals surface area contributed by atoms with Gasteiger partial charge in [-0.15, -0.1) is 11.3 Å². The number of thiophene rings is 1. The third-order valence-electron chi connectivity index (χ3n) is 7.09. The van der Waals surface area contributed by atoms with Crippen LogP contribution in [0.15, 0.2) is 24.4 Å². The number of aromatic nitrogens is 1. The second-order valence-electron chi connectivity index (χ2n) is 9.84. The Morgan fingerprint density at radius 2 is 2.23 bits per heavy atom. The minimum atomic E-state index is -0.791. The van der Waals surface area contributed by atoms with E-state index < -0.39 is 5.60 Å². The first-order chi connectivity index (χ1) is 14.7. The monoisotopic (exact) mass is 443 g/mol. The van der Waals surface area contributed by atoms with Crippen LogP contribution in [0, 0.1) is 0 Å². The molecular formula is C25H37N3O2S. The summed E-state index contributed by atoms with van der Waals surface area (Å²) in [6.07, 6.45) is 6.24. The summed E-state index contributed by atoms with van der Waals surface area (Å²) < 4.78 is 6.48. The molecule has 2 aliphatic heterocycles. The highest BCUT2D eigenvalue weighted by Gasteiger charge is 2.44. The zero-order chi connectivity index (χ0) is 22.2. The molecule has 5 nitrogen and oxygen atoms in total. The first kappa shape index (κ1) is 22.7. The Hall–Kier alpha value is -1.47. The van der Waals surface area contributed by atoms with Crippen molar-refractivity contribution in [2.24, 2.45) is 0 Å². The number of aliphatic hydroxyl groups is 1. The van der Waals surface area contributed by atoms with Gasteiger partial charge in [-0.1, -0.05) is 13.0 Å². The van der Waals surface area contributed by atoms with E-state index >= 15 is 0 Å². The van der Waals surface area contributed by atoms with Gasteiger partial charge in [0.25, 0.3) is 0 Å². The summed E-state index contributed by atoms with van der Waals surface area (Å²) in [5.74, 6) is 0.802. The van der Waals surface area contributed by atoms with Gasteiger partial charge in [0.1, 0.15) is 5.82 Å². The SMILES string of the molecule is CCc1cc2c(s1)CCO[C@@]21CCN(Cc2ccc(N[C@@H](C)C(C)(C)O)nc2)[C@@H](C)C1. The lowest BCUT2D eigenvalue weighted by molar-refractivity contribution is -0.112. The number of nitrogens with zero attached hydrogens (tertiary/aromatic N) is 2. The van der Waals surface area contributed by atoms with Crippen LogP contribution in [0.3, 0.4) is 0 Å². The molecule has 4 heterocycles. The first-order valence-electron chi connectivity index (χ1n) is 11.6. The molecule has 1 spiro atoms. The van der Waals surface area contributed by atoms with Crippen LogP contribution >= 0.6 is 11.3 Å². The van der Waals surface area contributed by atoms with Crippen LogP contribution in [-0.2, 0) is 29.7 Å². The number of aryl methyl sites for hydroxylation is 1. The maximum Gasteiger partial charge on any atom is 0.126 e. The Morgan fingerprint density at radius 1 is 1.42 bits per heavy atom. The van der Waals surface area contributed by atoms with Crippen LogP contribution < -0.4 is 5.32 Å². The van der Waals surface area contributed by atoms with E-state index in [1.807, 2.05) is 44.4 Å². The highest BCUT2D eigenvalue weighted by molar-refractivity contribution is 7.12. The number of nitrogens with one attached hydrogen (secondary N) is 1. The molecule has 0 aliphatic carbocycles. The average Bonchev–Trinajstić information content (AvgIpc) is 3.16. The summed E-state index contributed by atoms with van der Waals surface area (Å²) in [6, 6.07) is 6.96. The minimum Gasteiger partial charge on any atom is -0.388 e. The standard InChI is InChI=1S/C25H37N3O2S/c1-6-20-13-21-22(31-20)9-12-30-25(21)10-11-28(17(2)14-25)16-19-7-8-23(26-15-19)27-18(3)24(4,5)29/h7-8,13,15,17-18,29H,6,9-12,14,16H2,1-5H3,(H,26,27)/t17-,18-,25+/m0/s1. The van der Waals surface area contributed by atoms with Crippen LogP contribution in [0.2, 0.25) is 0 Å². The van der Waals surface area contributed by atoms with E-state index in [1.54, 1.807) is 4.88 Å². The number of piperidine rings is 1. The second kappa shape index (κ2) is 8.81. The van der Waals surface area contributed by atoms with Crippen LogP contribution in [-0.4, -0.2) is 45.8 Å². The highest BCUT2D eigenvalue weighted by Crippen LogP contribution is 2.46. The van der Waals surface area contributed by atoms with Gasteiger partial charge in [-0.3, -0.25) is 4.90 Å². The van der Waals surface area contributed by atoms with Crippen molar-refractivity contribution in [3.63, 3.8) is 0 Å². The van der Waals surface area contributed by atoms with E-state index in [0.717, 1.165) is 51.2 Å². The molecule has 3 atom stereocenters. The van der Waals surface area contributed by atoms with Crippen molar-refractivity contribution in [2.75, 3.05) is 18.5 Å². The van der Waals surface area contributed by atoms with Gasteiger partial charge in [0, 0.05) is 41.5 Å². The Morgan fingerprint density at radius 3 is 2.87 bits per heavy atom. The summed E-state index contributed by atoms with van der Waals surface area (Å²) in [4.78, 5) is 10.2. The Bertz CT molecular complexity index is 889. The minimum absolute atomic E-state index is 0.0742.